The second kappa shape index (κ2) is 15.1. The molecule has 2 aromatic heterocycles. The SMILES string of the molecule is [Pt+4].[c-]1c(Oc2[c-]c(-n3[c-][n+](-c4c(-c5ccccc5)cccc4-c4ccccc4)c4ccccc43)ccc2)cccc1-n1[c-][n+](-c2ccccc2)c2ccccc21. The summed E-state index contributed by atoms with van der Waals surface area (Å²) in [6.07, 6.45) is 7.26. The molecular formula is C50H32N4OPt+2. The molecule has 0 bridgehead atoms. The first-order valence-corrected chi connectivity index (χ1v) is 18.2. The molecule has 6 heteroatoms. The molecule has 0 spiro atoms. The molecule has 266 valence electrons. The summed E-state index contributed by atoms with van der Waals surface area (Å²) in [4.78, 5) is 0. The van der Waals surface area contributed by atoms with Crippen LogP contribution in [-0.4, -0.2) is 9.13 Å². The molecule has 5 nitrogen and oxygen atoms in total. The first-order valence-electron chi connectivity index (χ1n) is 18.2. The largest absolute Gasteiger partial charge is 4.00 e. The van der Waals surface area contributed by atoms with E-state index < -0.39 is 0 Å². The Kier molecular flexibility index (Phi) is 9.44. The van der Waals surface area contributed by atoms with Gasteiger partial charge in [-0.05, 0) is 45.8 Å². The summed E-state index contributed by atoms with van der Waals surface area (Å²) in [5, 5.41) is 0. The third-order valence-corrected chi connectivity index (χ3v) is 9.78. The molecule has 0 amide bonds. The zero-order chi connectivity index (χ0) is 36.6. The van der Waals surface area contributed by atoms with Gasteiger partial charge in [0.15, 0.2) is 0 Å². The Bertz CT molecular complexity index is 2900. The van der Waals surface area contributed by atoms with Gasteiger partial charge in [0, 0.05) is 11.5 Å². The van der Waals surface area contributed by atoms with Crippen LogP contribution in [0.4, 0.5) is 0 Å². The summed E-state index contributed by atoms with van der Waals surface area (Å²) in [6, 6.07) is 73.3. The summed E-state index contributed by atoms with van der Waals surface area (Å²) in [6.45, 7) is 0. The van der Waals surface area contributed by atoms with Crippen LogP contribution in [0.25, 0.3) is 67.1 Å². The monoisotopic (exact) mass is 899 g/mol. The molecule has 0 fully saturated rings. The Balaban J connectivity index is 0.00000410. The number of aromatic nitrogens is 4. The number of nitrogens with zero attached hydrogens (tertiary/aromatic N) is 4. The fraction of sp³-hybridized carbons (Fsp3) is 0. The van der Waals surface area contributed by atoms with Gasteiger partial charge in [0.25, 0.3) is 12.7 Å². The van der Waals surface area contributed by atoms with Crippen LogP contribution < -0.4 is 13.9 Å². The van der Waals surface area contributed by atoms with E-state index in [1.807, 2.05) is 71.3 Å². The summed E-state index contributed by atoms with van der Waals surface area (Å²) < 4.78 is 14.8. The predicted molar refractivity (Wildman–Crippen MR) is 216 cm³/mol. The van der Waals surface area contributed by atoms with Crippen LogP contribution in [0.1, 0.15) is 0 Å². The quantitative estimate of drug-likeness (QED) is 0.110. The molecule has 0 saturated heterocycles. The Hall–Kier alpha value is -6.81. The van der Waals surface area contributed by atoms with Crippen LogP contribution in [0.2, 0.25) is 0 Å². The van der Waals surface area contributed by atoms with E-state index in [9.17, 15) is 0 Å². The molecule has 56 heavy (non-hydrogen) atoms. The van der Waals surface area contributed by atoms with Gasteiger partial charge in [0.1, 0.15) is 0 Å². The second-order valence-corrected chi connectivity index (χ2v) is 13.2. The summed E-state index contributed by atoms with van der Waals surface area (Å²) in [5.74, 6) is 1.14. The Morgan fingerprint density at radius 2 is 0.821 bits per heavy atom. The minimum Gasteiger partial charge on any atom is -0.510 e. The molecule has 0 aliphatic carbocycles. The van der Waals surface area contributed by atoms with Gasteiger partial charge >= 0.3 is 21.1 Å². The average molecular weight is 900 g/mol. The summed E-state index contributed by atoms with van der Waals surface area (Å²) in [7, 11) is 0. The zero-order valence-electron chi connectivity index (χ0n) is 30.0. The average Bonchev–Trinajstić information content (AvgIpc) is 3.84. The molecule has 0 saturated carbocycles. The first kappa shape index (κ1) is 34.9. The molecule has 10 rings (SSSR count). The summed E-state index contributed by atoms with van der Waals surface area (Å²) in [5.41, 5.74) is 12.3. The van der Waals surface area contributed by atoms with E-state index in [4.69, 9.17) is 4.74 Å². The number of ether oxygens (including phenoxy) is 1. The third-order valence-electron chi connectivity index (χ3n) is 9.78. The van der Waals surface area contributed by atoms with Crippen molar-refractivity contribution in [3.05, 3.63) is 219 Å². The Labute approximate surface area is 339 Å². The van der Waals surface area contributed by atoms with Crippen molar-refractivity contribution in [1.82, 2.24) is 9.13 Å². The van der Waals surface area contributed by atoms with Crippen molar-refractivity contribution in [3.63, 3.8) is 0 Å². The maximum Gasteiger partial charge on any atom is 4.00 e. The molecule has 8 aromatic carbocycles. The van der Waals surface area contributed by atoms with Crippen molar-refractivity contribution >= 4 is 22.1 Å². The number of rotatable bonds is 8. The van der Waals surface area contributed by atoms with E-state index in [0.717, 1.165) is 67.1 Å². The Morgan fingerprint density at radius 1 is 0.393 bits per heavy atom. The van der Waals surface area contributed by atoms with E-state index in [1.165, 1.54) is 0 Å². The number of imidazole rings is 2. The molecule has 0 N–H and O–H groups in total. The van der Waals surface area contributed by atoms with Gasteiger partial charge in [-0.25, -0.2) is 0 Å². The van der Waals surface area contributed by atoms with Gasteiger partial charge in [-0.15, -0.1) is 24.3 Å². The molecule has 2 heterocycles. The van der Waals surface area contributed by atoms with Crippen molar-refractivity contribution in [2.24, 2.45) is 0 Å². The minimum absolute atomic E-state index is 0. The van der Waals surface area contributed by atoms with Crippen LogP contribution in [0, 0.1) is 24.8 Å². The van der Waals surface area contributed by atoms with Gasteiger partial charge < -0.3 is 13.9 Å². The number of para-hydroxylation sites is 6. The number of hydrogen-bond donors (Lipinski definition) is 0. The topological polar surface area (TPSA) is 26.8 Å². The smallest absolute Gasteiger partial charge is 0.510 e. The third kappa shape index (κ3) is 6.42. The van der Waals surface area contributed by atoms with Crippen LogP contribution in [0.15, 0.2) is 194 Å². The summed E-state index contributed by atoms with van der Waals surface area (Å²) >= 11 is 0. The molecule has 10 aromatic rings. The van der Waals surface area contributed by atoms with Gasteiger partial charge in [0.2, 0.25) is 0 Å². The van der Waals surface area contributed by atoms with Crippen LogP contribution >= 0.6 is 0 Å². The standard InChI is InChI=1S/C50H32N4O.Pt/c1-4-17-37(18-5-1)44-27-16-28-45(38-19-6-2-7-20-38)50(44)54-36-53(48-31-12-13-32-49(48)54)41-24-15-26-43(34-41)55-42-25-14-23-40(33-42)52-35-51(39-21-8-3-9-22-39)46-29-10-11-30-47(46)52;/h1-32H;/q-2;+4. The zero-order valence-corrected chi connectivity index (χ0v) is 32.3. The first-order chi connectivity index (χ1) is 27.3. The van der Waals surface area contributed by atoms with E-state index in [0.29, 0.717) is 11.5 Å². The van der Waals surface area contributed by atoms with Crippen LogP contribution in [-0.2, 0) is 21.1 Å². The molecule has 0 atom stereocenters. The molecule has 0 radical (unpaired) electrons. The van der Waals surface area contributed by atoms with Gasteiger partial charge in [-0.1, -0.05) is 146 Å². The number of benzene rings is 8. The van der Waals surface area contributed by atoms with Crippen molar-refractivity contribution in [1.29, 1.82) is 0 Å². The van der Waals surface area contributed by atoms with E-state index in [2.05, 4.69) is 166 Å². The minimum atomic E-state index is 0. The van der Waals surface area contributed by atoms with Gasteiger partial charge in [-0.3, -0.25) is 9.13 Å². The van der Waals surface area contributed by atoms with Crippen LogP contribution in [0.3, 0.4) is 0 Å². The number of hydrogen-bond acceptors (Lipinski definition) is 1. The predicted octanol–water partition coefficient (Wildman–Crippen LogP) is 10.5. The number of fused-ring (bicyclic) bond motifs is 2. The maximum absolute atomic E-state index is 6.48. The molecule has 0 aliphatic heterocycles. The van der Waals surface area contributed by atoms with Gasteiger partial charge in [-0.2, -0.15) is 24.3 Å². The molecular weight excluding hydrogens is 868 g/mol. The van der Waals surface area contributed by atoms with Crippen molar-refractivity contribution in [2.75, 3.05) is 0 Å². The molecule has 0 unspecified atom stereocenters. The molecule has 0 aliphatic rings. The Morgan fingerprint density at radius 3 is 1.36 bits per heavy atom. The second-order valence-electron chi connectivity index (χ2n) is 13.2. The van der Waals surface area contributed by atoms with E-state index >= 15 is 0 Å². The van der Waals surface area contributed by atoms with Crippen molar-refractivity contribution < 1.29 is 34.9 Å². The van der Waals surface area contributed by atoms with Crippen LogP contribution in [0.5, 0.6) is 11.5 Å². The van der Waals surface area contributed by atoms with Gasteiger partial charge in [0.05, 0.1) is 33.4 Å². The fourth-order valence-corrected chi connectivity index (χ4v) is 7.27. The normalized spacial score (nSPS) is 11.1. The van der Waals surface area contributed by atoms with Crippen molar-refractivity contribution in [2.45, 2.75) is 0 Å². The van der Waals surface area contributed by atoms with E-state index in [1.54, 1.807) is 0 Å². The van der Waals surface area contributed by atoms with E-state index in [-0.39, 0.29) is 21.1 Å². The maximum atomic E-state index is 6.48. The van der Waals surface area contributed by atoms with Crippen molar-refractivity contribution in [3.8, 4) is 56.5 Å². The fourth-order valence-electron chi connectivity index (χ4n) is 7.27.